The smallest absolute Gasteiger partial charge is 0.264 e. The van der Waals surface area contributed by atoms with E-state index in [1.807, 2.05) is 11.3 Å². The number of anilines is 6. The van der Waals surface area contributed by atoms with Crippen LogP contribution in [0.4, 0.5) is 34.1 Å². The number of rotatable bonds is 5. The Morgan fingerprint density at radius 1 is 0.596 bits per heavy atom. The quantitative estimate of drug-likeness (QED) is 0.165. The van der Waals surface area contributed by atoms with E-state index >= 15 is 0 Å². The molecular formula is C48H53BN2S. The van der Waals surface area contributed by atoms with Crippen LogP contribution in [0.25, 0.3) is 10.1 Å². The van der Waals surface area contributed by atoms with Gasteiger partial charge >= 0.3 is 0 Å². The summed E-state index contributed by atoms with van der Waals surface area (Å²) in [7, 11) is 0. The number of aryl methyl sites for hydroxylation is 1. The summed E-state index contributed by atoms with van der Waals surface area (Å²) >= 11 is 1.99. The minimum Gasteiger partial charge on any atom is -0.311 e. The van der Waals surface area contributed by atoms with Gasteiger partial charge in [0.15, 0.2) is 0 Å². The molecule has 4 heteroatoms. The fraction of sp³-hybridized carbons (Fsp3) is 0.333. The van der Waals surface area contributed by atoms with Gasteiger partial charge in [0, 0.05) is 43.3 Å². The molecule has 1 aromatic heterocycles. The van der Waals surface area contributed by atoms with Crippen LogP contribution in [-0.4, -0.2) is 6.71 Å². The maximum Gasteiger partial charge on any atom is 0.264 e. The second-order valence-electron chi connectivity index (χ2n) is 17.8. The van der Waals surface area contributed by atoms with Crippen LogP contribution >= 0.6 is 11.3 Å². The summed E-state index contributed by atoms with van der Waals surface area (Å²) in [5.74, 6) is 0.890. The molecule has 52 heavy (non-hydrogen) atoms. The number of hydrogen-bond acceptors (Lipinski definition) is 3. The Balaban J connectivity index is 1.48. The lowest BCUT2D eigenvalue weighted by molar-refractivity contribution is 0.590. The van der Waals surface area contributed by atoms with Gasteiger partial charge in [0.05, 0.1) is 5.69 Å². The van der Waals surface area contributed by atoms with Crippen LogP contribution in [0.15, 0.2) is 97.1 Å². The molecule has 6 aromatic rings. The maximum atomic E-state index is 2.62. The summed E-state index contributed by atoms with van der Waals surface area (Å²) in [6, 6.07) is 38.3. The van der Waals surface area contributed by atoms with E-state index < -0.39 is 0 Å². The molecule has 0 atom stereocenters. The third kappa shape index (κ3) is 5.61. The highest BCUT2D eigenvalue weighted by Crippen LogP contribution is 2.49. The second-order valence-corrected chi connectivity index (χ2v) is 18.9. The van der Waals surface area contributed by atoms with Crippen molar-refractivity contribution in [3.63, 3.8) is 0 Å². The molecule has 8 rings (SSSR count). The molecule has 0 amide bonds. The van der Waals surface area contributed by atoms with Gasteiger partial charge in [-0.2, -0.15) is 0 Å². The molecule has 2 aliphatic rings. The average molecular weight is 701 g/mol. The third-order valence-corrected chi connectivity index (χ3v) is 12.7. The molecule has 0 N–H and O–H groups in total. The standard InChI is InChI=1S/C48H53BN2S/c1-12-31-25-41-44-42(26-31)51(37-21-17-35(18-22-37)48(9,10)11)45-38-27-32(29(2)3)14-24-43(38)52-46(45)49(44)39-28-33(30(4)5)13-23-40(39)50(41)36-19-15-34(16-20-36)47(6,7)8/h13-30H,12H2,1-11H3. The highest BCUT2D eigenvalue weighted by molar-refractivity contribution is 7.33. The van der Waals surface area contributed by atoms with Crippen LogP contribution in [0.1, 0.15) is 116 Å². The Kier molecular flexibility index (Phi) is 8.30. The van der Waals surface area contributed by atoms with Crippen LogP contribution in [0.3, 0.4) is 0 Å². The molecule has 0 bridgehead atoms. The van der Waals surface area contributed by atoms with Gasteiger partial charge in [-0.1, -0.05) is 119 Å². The Labute approximate surface area is 316 Å². The van der Waals surface area contributed by atoms with E-state index in [2.05, 4.69) is 183 Å². The predicted octanol–water partition coefficient (Wildman–Crippen LogP) is 12.4. The normalized spacial score (nSPS) is 14.0. The Morgan fingerprint density at radius 2 is 1.12 bits per heavy atom. The van der Waals surface area contributed by atoms with Crippen LogP contribution < -0.4 is 25.5 Å². The van der Waals surface area contributed by atoms with E-state index in [1.165, 1.54) is 87.7 Å². The topological polar surface area (TPSA) is 6.48 Å². The molecule has 0 aliphatic carbocycles. The highest BCUT2D eigenvalue weighted by atomic mass is 32.1. The zero-order valence-electron chi connectivity index (χ0n) is 33.0. The van der Waals surface area contributed by atoms with Crippen molar-refractivity contribution in [2.75, 3.05) is 9.80 Å². The van der Waals surface area contributed by atoms with Crippen molar-refractivity contribution in [2.45, 2.75) is 105 Å². The zero-order valence-corrected chi connectivity index (χ0v) is 33.8. The molecule has 5 aromatic carbocycles. The zero-order chi connectivity index (χ0) is 36.9. The van der Waals surface area contributed by atoms with Gasteiger partial charge in [0.25, 0.3) is 6.71 Å². The van der Waals surface area contributed by atoms with Gasteiger partial charge in [0.2, 0.25) is 0 Å². The Bertz CT molecular complexity index is 2310. The van der Waals surface area contributed by atoms with Crippen molar-refractivity contribution in [3.8, 4) is 0 Å². The van der Waals surface area contributed by atoms with E-state index in [1.54, 1.807) is 0 Å². The number of benzene rings is 5. The number of fused-ring (bicyclic) bond motifs is 6. The SMILES string of the molecule is CCc1cc2c3c(c1)N(c1ccc(C(C)(C)C)cc1)c1c(sc4ccc(C(C)C)cc14)B3c1cc(C(C)C)ccc1N2c1ccc(C(C)(C)C)cc1. The van der Waals surface area contributed by atoms with Crippen molar-refractivity contribution in [3.05, 3.63) is 125 Å². The van der Waals surface area contributed by atoms with E-state index in [-0.39, 0.29) is 17.5 Å². The highest BCUT2D eigenvalue weighted by Gasteiger charge is 2.45. The maximum absolute atomic E-state index is 2.62. The van der Waals surface area contributed by atoms with Crippen molar-refractivity contribution >= 4 is 78.0 Å². The van der Waals surface area contributed by atoms with Crippen molar-refractivity contribution in [1.82, 2.24) is 0 Å². The first kappa shape index (κ1) is 34.8. The molecule has 0 spiro atoms. The summed E-state index contributed by atoms with van der Waals surface area (Å²) in [5, 5.41) is 1.36. The van der Waals surface area contributed by atoms with E-state index in [0.717, 1.165) is 6.42 Å². The lowest BCUT2D eigenvalue weighted by atomic mass is 9.36. The number of nitrogens with zero attached hydrogens (tertiary/aromatic N) is 2. The van der Waals surface area contributed by atoms with Crippen LogP contribution in [0.5, 0.6) is 0 Å². The molecule has 2 aliphatic heterocycles. The van der Waals surface area contributed by atoms with Crippen molar-refractivity contribution in [2.24, 2.45) is 0 Å². The lowest BCUT2D eigenvalue weighted by Gasteiger charge is -2.44. The number of thiophene rings is 1. The molecule has 0 saturated heterocycles. The predicted molar refractivity (Wildman–Crippen MR) is 231 cm³/mol. The average Bonchev–Trinajstić information content (AvgIpc) is 3.49. The molecule has 264 valence electrons. The molecule has 0 unspecified atom stereocenters. The van der Waals surface area contributed by atoms with Crippen molar-refractivity contribution < 1.29 is 0 Å². The van der Waals surface area contributed by atoms with Crippen molar-refractivity contribution in [1.29, 1.82) is 0 Å². The molecule has 0 radical (unpaired) electrons. The monoisotopic (exact) mass is 700 g/mol. The number of hydrogen-bond donors (Lipinski definition) is 0. The summed E-state index contributed by atoms with van der Waals surface area (Å²) in [5.41, 5.74) is 17.5. The molecule has 2 nitrogen and oxygen atoms in total. The summed E-state index contributed by atoms with van der Waals surface area (Å²) < 4.78 is 2.80. The van der Waals surface area contributed by atoms with E-state index in [4.69, 9.17) is 0 Å². The molecule has 3 heterocycles. The van der Waals surface area contributed by atoms with Gasteiger partial charge < -0.3 is 9.80 Å². The van der Waals surface area contributed by atoms with Crippen LogP contribution in [0.2, 0.25) is 0 Å². The molecule has 0 saturated carbocycles. The molecular weight excluding hydrogens is 647 g/mol. The second kappa shape index (κ2) is 12.4. The van der Waals surface area contributed by atoms with Gasteiger partial charge in [-0.05, 0) is 122 Å². The third-order valence-electron chi connectivity index (χ3n) is 11.5. The van der Waals surface area contributed by atoms with Gasteiger partial charge in [-0.3, -0.25) is 0 Å². The van der Waals surface area contributed by atoms with E-state index in [9.17, 15) is 0 Å². The summed E-state index contributed by atoms with van der Waals surface area (Å²) in [6.45, 7) is 25.5. The van der Waals surface area contributed by atoms with Gasteiger partial charge in [0.1, 0.15) is 0 Å². The first-order chi connectivity index (χ1) is 24.7. The van der Waals surface area contributed by atoms with Gasteiger partial charge in [-0.25, -0.2) is 0 Å². The largest absolute Gasteiger partial charge is 0.311 e. The minimum absolute atomic E-state index is 0.0834. The van der Waals surface area contributed by atoms with Crippen LogP contribution in [0, 0.1) is 0 Å². The first-order valence-electron chi connectivity index (χ1n) is 19.3. The van der Waals surface area contributed by atoms with Crippen LogP contribution in [-0.2, 0) is 17.3 Å². The Hall–Kier alpha value is -4.28. The summed E-state index contributed by atoms with van der Waals surface area (Å²) in [4.78, 5) is 5.19. The molecule has 0 fully saturated rings. The van der Waals surface area contributed by atoms with Gasteiger partial charge in [-0.15, -0.1) is 11.3 Å². The fourth-order valence-electron chi connectivity index (χ4n) is 8.27. The fourth-order valence-corrected chi connectivity index (χ4v) is 9.57. The minimum atomic E-state index is 0.0834. The lowest BCUT2D eigenvalue weighted by Crippen LogP contribution is -2.60. The summed E-state index contributed by atoms with van der Waals surface area (Å²) in [6.07, 6.45) is 0.965. The van der Waals surface area contributed by atoms with E-state index in [0.29, 0.717) is 11.8 Å². The first-order valence-corrected chi connectivity index (χ1v) is 20.2. The Morgan fingerprint density at radius 3 is 1.65 bits per heavy atom.